The van der Waals surface area contributed by atoms with Crippen molar-refractivity contribution >= 4 is 39.8 Å². The second-order valence-electron chi connectivity index (χ2n) is 6.27. The minimum absolute atomic E-state index is 0.315. The van der Waals surface area contributed by atoms with Crippen molar-refractivity contribution in [2.45, 2.75) is 0 Å². The lowest BCUT2D eigenvalue weighted by Gasteiger charge is -2.19. The molecule has 2 N–H and O–H groups in total. The molecular formula is C20H22ClN3O4. The Hall–Kier alpha value is -3.06. The van der Waals surface area contributed by atoms with Crippen LogP contribution in [0.1, 0.15) is 10.5 Å². The van der Waals surface area contributed by atoms with Crippen molar-refractivity contribution in [3.8, 4) is 17.2 Å². The van der Waals surface area contributed by atoms with E-state index in [-0.39, 0.29) is 5.91 Å². The van der Waals surface area contributed by atoms with Gasteiger partial charge in [0.25, 0.3) is 5.91 Å². The summed E-state index contributed by atoms with van der Waals surface area (Å²) in [6.45, 7) is 0. The molecule has 0 aliphatic carbocycles. The van der Waals surface area contributed by atoms with Gasteiger partial charge in [0.15, 0.2) is 11.5 Å². The van der Waals surface area contributed by atoms with Gasteiger partial charge in [-0.25, -0.2) is 0 Å². The van der Waals surface area contributed by atoms with Crippen LogP contribution in [0.3, 0.4) is 0 Å². The Balaban J connectivity index is 2.05. The van der Waals surface area contributed by atoms with Gasteiger partial charge in [-0.3, -0.25) is 4.79 Å². The van der Waals surface area contributed by atoms with Crippen molar-refractivity contribution in [3.05, 3.63) is 41.0 Å². The van der Waals surface area contributed by atoms with Crippen LogP contribution in [0.2, 0.25) is 5.02 Å². The zero-order valence-electron chi connectivity index (χ0n) is 16.3. The number of carbonyl (C=O) groups excluding carboxylic acids is 1. The molecule has 148 valence electrons. The van der Waals surface area contributed by atoms with Gasteiger partial charge in [-0.15, -0.1) is 0 Å². The Morgan fingerprint density at radius 2 is 1.79 bits per heavy atom. The highest BCUT2D eigenvalue weighted by Crippen LogP contribution is 2.41. The number of amides is 1. The number of fused-ring (bicyclic) bond motifs is 1. The molecule has 1 aromatic heterocycles. The van der Waals surface area contributed by atoms with Crippen molar-refractivity contribution in [1.82, 2.24) is 4.98 Å². The monoisotopic (exact) mass is 403 g/mol. The lowest BCUT2D eigenvalue weighted by molar-refractivity contribution is 0.102. The molecular weight excluding hydrogens is 382 g/mol. The fourth-order valence-corrected chi connectivity index (χ4v) is 3.46. The number of hydrogen-bond acceptors (Lipinski definition) is 5. The highest BCUT2D eigenvalue weighted by molar-refractivity contribution is 6.34. The van der Waals surface area contributed by atoms with Crippen molar-refractivity contribution < 1.29 is 19.0 Å². The molecule has 28 heavy (non-hydrogen) atoms. The summed E-state index contributed by atoms with van der Waals surface area (Å²) >= 11 is 6.28. The standard InChI is InChI=1S/C20H22ClN3O4/c1-24(2)18-12(21)7-6-8-13(18)23-20(25)14-9-11-15(26-3)10-16(27-4)19(28-5)17(11)22-14/h6-10,22H,1-5H3,(H,23,25). The number of H-pyrrole nitrogens is 1. The van der Waals surface area contributed by atoms with Crippen LogP contribution in [0.15, 0.2) is 30.3 Å². The topological polar surface area (TPSA) is 75.8 Å². The van der Waals surface area contributed by atoms with Crippen LogP contribution >= 0.6 is 11.6 Å². The predicted molar refractivity (Wildman–Crippen MR) is 112 cm³/mol. The molecule has 0 atom stereocenters. The number of carbonyl (C=O) groups is 1. The Bertz CT molecular complexity index is 1030. The largest absolute Gasteiger partial charge is 0.496 e. The number of para-hydroxylation sites is 1. The van der Waals surface area contributed by atoms with Crippen LogP contribution in [0.25, 0.3) is 10.9 Å². The number of hydrogen-bond donors (Lipinski definition) is 2. The minimum atomic E-state index is -0.315. The van der Waals surface area contributed by atoms with Crippen molar-refractivity contribution in [1.29, 1.82) is 0 Å². The first-order valence-electron chi connectivity index (χ1n) is 8.50. The van der Waals surface area contributed by atoms with E-state index in [1.165, 1.54) is 0 Å². The Kier molecular flexibility index (Phi) is 5.56. The quantitative estimate of drug-likeness (QED) is 0.646. The number of rotatable bonds is 6. The summed E-state index contributed by atoms with van der Waals surface area (Å²) in [4.78, 5) is 17.9. The summed E-state index contributed by atoms with van der Waals surface area (Å²) in [6.07, 6.45) is 0. The van der Waals surface area contributed by atoms with Gasteiger partial charge in [-0.2, -0.15) is 0 Å². The maximum Gasteiger partial charge on any atom is 0.272 e. The lowest BCUT2D eigenvalue weighted by Crippen LogP contribution is -2.17. The van der Waals surface area contributed by atoms with Gasteiger partial charge in [0.05, 0.1) is 43.2 Å². The van der Waals surface area contributed by atoms with Crippen LogP contribution in [-0.2, 0) is 0 Å². The van der Waals surface area contributed by atoms with Gasteiger partial charge in [0.1, 0.15) is 11.4 Å². The zero-order valence-corrected chi connectivity index (χ0v) is 17.1. The number of methoxy groups -OCH3 is 3. The molecule has 0 unspecified atom stereocenters. The molecule has 0 bridgehead atoms. The number of nitrogens with zero attached hydrogens (tertiary/aromatic N) is 1. The van der Waals surface area contributed by atoms with E-state index >= 15 is 0 Å². The van der Waals surface area contributed by atoms with Crippen LogP contribution < -0.4 is 24.4 Å². The number of nitrogens with one attached hydrogen (secondary N) is 2. The molecule has 0 aliphatic rings. The highest BCUT2D eigenvalue weighted by Gasteiger charge is 2.20. The summed E-state index contributed by atoms with van der Waals surface area (Å²) in [6, 6.07) is 8.79. The molecule has 7 nitrogen and oxygen atoms in total. The summed E-state index contributed by atoms with van der Waals surface area (Å²) < 4.78 is 16.3. The lowest BCUT2D eigenvalue weighted by atomic mass is 10.2. The molecule has 0 spiro atoms. The maximum absolute atomic E-state index is 12.9. The van der Waals surface area contributed by atoms with E-state index in [4.69, 9.17) is 25.8 Å². The average molecular weight is 404 g/mol. The van der Waals surface area contributed by atoms with E-state index in [0.29, 0.717) is 44.6 Å². The molecule has 8 heteroatoms. The molecule has 0 radical (unpaired) electrons. The van der Waals surface area contributed by atoms with E-state index in [2.05, 4.69) is 10.3 Å². The van der Waals surface area contributed by atoms with Gasteiger partial charge >= 0.3 is 0 Å². The highest BCUT2D eigenvalue weighted by atomic mass is 35.5. The number of aromatic nitrogens is 1. The molecule has 1 amide bonds. The van der Waals surface area contributed by atoms with Gasteiger partial charge < -0.3 is 29.4 Å². The summed E-state index contributed by atoms with van der Waals surface area (Å²) in [5, 5.41) is 4.17. The molecule has 0 fully saturated rings. The van der Waals surface area contributed by atoms with Crippen molar-refractivity contribution in [2.75, 3.05) is 45.6 Å². The van der Waals surface area contributed by atoms with Crippen molar-refractivity contribution in [3.63, 3.8) is 0 Å². The molecule has 3 aromatic rings. The summed E-state index contributed by atoms with van der Waals surface area (Å²) in [5.41, 5.74) is 2.30. The number of halogens is 1. The van der Waals surface area contributed by atoms with Crippen LogP contribution in [0, 0.1) is 0 Å². The van der Waals surface area contributed by atoms with Crippen LogP contribution in [0.4, 0.5) is 11.4 Å². The maximum atomic E-state index is 12.9. The van der Waals surface area contributed by atoms with Gasteiger partial charge in [-0.1, -0.05) is 17.7 Å². The zero-order chi connectivity index (χ0) is 20.4. The Morgan fingerprint density at radius 1 is 1.07 bits per heavy atom. The molecule has 1 heterocycles. The second-order valence-corrected chi connectivity index (χ2v) is 6.68. The molecule has 2 aromatic carbocycles. The minimum Gasteiger partial charge on any atom is -0.496 e. The Morgan fingerprint density at radius 3 is 2.39 bits per heavy atom. The number of anilines is 2. The third-order valence-electron chi connectivity index (χ3n) is 4.37. The van der Waals surface area contributed by atoms with Gasteiger partial charge in [0.2, 0.25) is 0 Å². The van der Waals surface area contributed by atoms with Crippen LogP contribution in [-0.4, -0.2) is 46.3 Å². The first kappa shape index (κ1) is 19.7. The first-order chi connectivity index (χ1) is 13.4. The van der Waals surface area contributed by atoms with Gasteiger partial charge in [0, 0.05) is 25.5 Å². The van der Waals surface area contributed by atoms with E-state index in [1.807, 2.05) is 19.0 Å². The van der Waals surface area contributed by atoms with Crippen molar-refractivity contribution in [2.24, 2.45) is 0 Å². The molecule has 3 rings (SSSR count). The van der Waals surface area contributed by atoms with Crippen LogP contribution in [0.5, 0.6) is 17.2 Å². The SMILES string of the molecule is COc1cc(OC)c2cc(C(=O)Nc3cccc(Cl)c3N(C)C)[nH]c2c1OC. The predicted octanol–water partition coefficient (Wildman–Crippen LogP) is 4.17. The third-order valence-corrected chi connectivity index (χ3v) is 4.67. The molecule has 0 aliphatic heterocycles. The third kappa shape index (κ3) is 3.41. The van der Waals surface area contributed by atoms with E-state index < -0.39 is 0 Å². The summed E-state index contributed by atoms with van der Waals surface area (Å²) in [5.74, 6) is 1.25. The Labute approximate surface area is 168 Å². The van der Waals surface area contributed by atoms with Gasteiger partial charge in [-0.05, 0) is 18.2 Å². The molecule has 0 saturated heterocycles. The first-order valence-corrected chi connectivity index (χ1v) is 8.87. The number of aromatic amines is 1. The van der Waals surface area contributed by atoms with E-state index in [9.17, 15) is 4.79 Å². The smallest absolute Gasteiger partial charge is 0.272 e. The van der Waals surface area contributed by atoms with E-state index in [0.717, 1.165) is 5.69 Å². The fourth-order valence-electron chi connectivity index (χ4n) is 3.12. The normalized spacial score (nSPS) is 10.6. The second kappa shape index (κ2) is 7.90. The van der Waals surface area contributed by atoms with E-state index in [1.54, 1.807) is 51.7 Å². The number of benzene rings is 2. The summed E-state index contributed by atoms with van der Waals surface area (Å²) in [7, 11) is 8.37. The number of ether oxygens (including phenoxy) is 3. The average Bonchev–Trinajstić information content (AvgIpc) is 3.11. The fraction of sp³-hybridized carbons (Fsp3) is 0.250. The molecule has 0 saturated carbocycles.